The number of carboxylic acids is 1. The number of carboxylic acid groups (broad SMARTS) is 1. The minimum absolute atomic E-state index is 0.0447. The lowest BCUT2D eigenvalue weighted by Crippen LogP contribution is -2.14. The van der Waals surface area contributed by atoms with Crippen molar-refractivity contribution in [3.63, 3.8) is 0 Å². The van der Waals surface area contributed by atoms with Gasteiger partial charge in [0.2, 0.25) is 5.88 Å². The van der Waals surface area contributed by atoms with Gasteiger partial charge in [0.1, 0.15) is 5.56 Å². The van der Waals surface area contributed by atoms with E-state index in [9.17, 15) is 4.79 Å². The average Bonchev–Trinajstić information content (AvgIpc) is 2.20. The molecule has 15 heavy (non-hydrogen) atoms. The summed E-state index contributed by atoms with van der Waals surface area (Å²) >= 11 is 3.17. The fraction of sp³-hybridized carbons (Fsp3) is 0.400. The number of pyridine rings is 1. The molecular formula is C10H12BrNO3. The predicted octanol–water partition coefficient (Wildman–Crippen LogP) is 2.72. The molecule has 0 saturated heterocycles. The van der Waals surface area contributed by atoms with Gasteiger partial charge in [-0.15, -0.1) is 0 Å². The number of aromatic carboxylic acids is 1. The Bertz CT molecular complexity index is 368. The minimum Gasteiger partial charge on any atom is -0.477 e. The second-order valence-electron chi connectivity index (χ2n) is 3.15. The average molecular weight is 274 g/mol. The van der Waals surface area contributed by atoms with Gasteiger partial charge < -0.3 is 9.84 Å². The third-order valence-electron chi connectivity index (χ3n) is 1.94. The van der Waals surface area contributed by atoms with Gasteiger partial charge in [-0.25, -0.2) is 9.78 Å². The highest BCUT2D eigenvalue weighted by Gasteiger charge is 2.15. The van der Waals surface area contributed by atoms with E-state index in [2.05, 4.69) is 20.9 Å². The Balaban J connectivity index is 3.01. The maximum absolute atomic E-state index is 10.9. The summed E-state index contributed by atoms with van der Waals surface area (Å²) in [6, 6.07) is 1.48. The first kappa shape index (κ1) is 12.0. The molecular weight excluding hydrogens is 262 g/mol. The summed E-state index contributed by atoms with van der Waals surface area (Å²) in [7, 11) is 0. The zero-order valence-corrected chi connectivity index (χ0v) is 10.1. The highest BCUT2D eigenvalue weighted by Crippen LogP contribution is 2.21. The zero-order chi connectivity index (χ0) is 11.4. The summed E-state index contributed by atoms with van der Waals surface area (Å²) in [5.74, 6) is -0.873. The van der Waals surface area contributed by atoms with E-state index in [-0.39, 0.29) is 17.5 Å². The van der Waals surface area contributed by atoms with Crippen LogP contribution in [0.5, 0.6) is 5.88 Å². The van der Waals surface area contributed by atoms with Crippen LogP contribution in [0.2, 0.25) is 0 Å². The topological polar surface area (TPSA) is 59.4 Å². The van der Waals surface area contributed by atoms with Gasteiger partial charge >= 0.3 is 5.97 Å². The quantitative estimate of drug-likeness (QED) is 0.917. The van der Waals surface area contributed by atoms with E-state index in [1.165, 1.54) is 12.3 Å². The first-order valence-corrected chi connectivity index (χ1v) is 5.39. The molecule has 5 heteroatoms. The Morgan fingerprint density at radius 2 is 2.40 bits per heavy atom. The van der Waals surface area contributed by atoms with Crippen molar-refractivity contribution >= 4 is 21.9 Å². The van der Waals surface area contributed by atoms with Crippen LogP contribution in [-0.4, -0.2) is 22.2 Å². The van der Waals surface area contributed by atoms with Crippen LogP contribution in [-0.2, 0) is 0 Å². The van der Waals surface area contributed by atoms with Crippen molar-refractivity contribution in [3.8, 4) is 5.88 Å². The number of ether oxygens (including phenoxy) is 1. The molecule has 4 nitrogen and oxygen atoms in total. The molecule has 1 rings (SSSR count). The number of carbonyl (C=O) groups is 1. The maximum Gasteiger partial charge on any atom is 0.341 e. The van der Waals surface area contributed by atoms with Gasteiger partial charge in [0.25, 0.3) is 0 Å². The fourth-order valence-corrected chi connectivity index (χ4v) is 1.28. The van der Waals surface area contributed by atoms with Crippen LogP contribution in [0, 0.1) is 0 Å². The predicted molar refractivity (Wildman–Crippen MR) is 59.3 cm³/mol. The summed E-state index contributed by atoms with van der Waals surface area (Å²) in [6.07, 6.45) is 2.28. The SMILES string of the molecule is CCC(C)Oc1ncc(Br)cc1C(=O)O. The van der Waals surface area contributed by atoms with Gasteiger partial charge in [-0.1, -0.05) is 6.92 Å². The summed E-state index contributed by atoms with van der Waals surface area (Å²) in [5, 5.41) is 8.93. The Hall–Kier alpha value is -1.10. The normalized spacial score (nSPS) is 12.2. The van der Waals surface area contributed by atoms with Crippen LogP contribution in [0.4, 0.5) is 0 Å². The molecule has 1 atom stereocenters. The lowest BCUT2D eigenvalue weighted by Gasteiger charge is -2.13. The molecule has 1 aromatic rings. The van der Waals surface area contributed by atoms with Gasteiger partial charge in [-0.05, 0) is 35.3 Å². The van der Waals surface area contributed by atoms with Crippen molar-refractivity contribution < 1.29 is 14.6 Å². The standard InChI is InChI=1S/C10H12BrNO3/c1-3-6(2)15-9-8(10(13)14)4-7(11)5-12-9/h4-6H,3H2,1-2H3,(H,13,14). The number of rotatable bonds is 4. The van der Waals surface area contributed by atoms with Crippen molar-refractivity contribution in [2.45, 2.75) is 26.4 Å². The van der Waals surface area contributed by atoms with Gasteiger partial charge in [-0.2, -0.15) is 0 Å². The summed E-state index contributed by atoms with van der Waals surface area (Å²) in [4.78, 5) is 14.8. The number of nitrogens with zero attached hydrogens (tertiary/aromatic N) is 1. The Labute approximate surface area is 96.4 Å². The first-order valence-electron chi connectivity index (χ1n) is 4.60. The van der Waals surface area contributed by atoms with E-state index in [1.54, 1.807) is 0 Å². The molecule has 0 aliphatic rings. The van der Waals surface area contributed by atoms with E-state index in [0.29, 0.717) is 4.47 Å². The molecule has 0 bridgehead atoms. The van der Waals surface area contributed by atoms with E-state index >= 15 is 0 Å². The second-order valence-corrected chi connectivity index (χ2v) is 4.06. The molecule has 0 saturated carbocycles. The van der Waals surface area contributed by atoms with Crippen LogP contribution < -0.4 is 4.74 Å². The summed E-state index contributed by atoms with van der Waals surface area (Å²) in [6.45, 7) is 3.83. The molecule has 1 aromatic heterocycles. The molecule has 1 heterocycles. The number of aromatic nitrogens is 1. The van der Waals surface area contributed by atoms with Crippen LogP contribution >= 0.6 is 15.9 Å². The largest absolute Gasteiger partial charge is 0.477 e. The molecule has 0 amide bonds. The highest BCUT2D eigenvalue weighted by molar-refractivity contribution is 9.10. The van der Waals surface area contributed by atoms with Crippen molar-refractivity contribution in [1.29, 1.82) is 0 Å². The van der Waals surface area contributed by atoms with Gasteiger partial charge in [0.05, 0.1) is 6.10 Å². The summed E-state index contributed by atoms with van der Waals surface area (Å²) in [5.41, 5.74) is 0.0738. The molecule has 0 radical (unpaired) electrons. The van der Waals surface area contributed by atoms with Crippen LogP contribution in [0.15, 0.2) is 16.7 Å². The van der Waals surface area contributed by atoms with Crippen molar-refractivity contribution in [1.82, 2.24) is 4.98 Å². The minimum atomic E-state index is -1.04. The van der Waals surface area contributed by atoms with E-state index < -0.39 is 5.97 Å². The Morgan fingerprint density at radius 3 is 2.93 bits per heavy atom. The monoisotopic (exact) mass is 273 g/mol. The highest BCUT2D eigenvalue weighted by atomic mass is 79.9. The Morgan fingerprint density at radius 1 is 1.73 bits per heavy atom. The lowest BCUT2D eigenvalue weighted by molar-refractivity contribution is 0.0688. The van der Waals surface area contributed by atoms with Crippen LogP contribution in [0.3, 0.4) is 0 Å². The molecule has 0 aromatic carbocycles. The third-order valence-corrected chi connectivity index (χ3v) is 2.37. The molecule has 0 aliphatic carbocycles. The smallest absolute Gasteiger partial charge is 0.341 e. The molecule has 1 N–H and O–H groups in total. The third kappa shape index (κ3) is 3.20. The number of halogens is 1. The maximum atomic E-state index is 10.9. The molecule has 1 unspecified atom stereocenters. The number of hydrogen-bond donors (Lipinski definition) is 1. The molecule has 0 aliphatic heterocycles. The van der Waals surface area contributed by atoms with Crippen molar-refractivity contribution in [2.75, 3.05) is 0 Å². The Kier molecular flexibility index (Phi) is 4.08. The summed E-state index contributed by atoms with van der Waals surface area (Å²) < 4.78 is 6.02. The molecule has 0 spiro atoms. The number of hydrogen-bond acceptors (Lipinski definition) is 3. The second kappa shape index (κ2) is 5.11. The van der Waals surface area contributed by atoms with Crippen LogP contribution in [0.25, 0.3) is 0 Å². The van der Waals surface area contributed by atoms with Gasteiger partial charge in [-0.3, -0.25) is 0 Å². The van der Waals surface area contributed by atoms with E-state index in [4.69, 9.17) is 9.84 Å². The van der Waals surface area contributed by atoms with Gasteiger partial charge in [0, 0.05) is 10.7 Å². The van der Waals surface area contributed by atoms with Gasteiger partial charge in [0.15, 0.2) is 0 Å². The molecule has 82 valence electrons. The first-order chi connectivity index (χ1) is 7.04. The lowest BCUT2D eigenvalue weighted by atomic mass is 10.2. The van der Waals surface area contributed by atoms with Crippen molar-refractivity contribution in [2.24, 2.45) is 0 Å². The fourth-order valence-electron chi connectivity index (χ4n) is 0.948. The van der Waals surface area contributed by atoms with Crippen LogP contribution in [0.1, 0.15) is 30.6 Å². The van der Waals surface area contributed by atoms with E-state index in [1.807, 2.05) is 13.8 Å². The molecule has 0 fully saturated rings. The zero-order valence-electron chi connectivity index (χ0n) is 8.53. The van der Waals surface area contributed by atoms with Crippen molar-refractivity contribution in [3.05, 3.63) is 22.3 Å². The van der Waals surface area contributed by atoms with E-state index in [0.717, 1.165) is 6.42 Å².